The average molecular weight is 640 g/mol. The summed E-state index contributed by atoms with van der Waals surface area (Å²) in [6, 6.07) is 6.13. The highest BCUT2D eigenvalue weighted by Crippen LogP contribution is 2.36. The Kier molecular flexibility index (Phi) is 9.34. The maximum Gasteiger partial charge on any atom is 0.246 e. The second-order valence-electron chi connectivity index (χ2n) is 12.3. The SMILES string of the molecule is C=CC(=O)N1[C@H](CC#N)C[C@@H](Oc2cc(O[C@@H](C)[C@@H]3C[C@@H](F)CN3C)nc(-c3noc(C(C)(C)c4c(F)cccc4F)n3)n2)[C@H]1C. The van der Waals surface area contributed by atoms with Crippen molar-refractivity contribution in [2.24, 2.45) is 0 Å². The fourth-order valence-electron chi connectivity index (χ4n) is 6.34. The summed E-state index contributed by atoms with van der Waals surface area (Å²) in [4.78, 5) is 29.4. The van der Waals surface area contributed by atoms with Gasteiger partial charge in [-0.05, 0) is 59.4 Å². The zero-order valence-electron chi connectivity index (χ0n) is 26.3. The summed E-state index contributed by atoms with van der Waals surface area (Å²) in [5, 5.41) is 13.4. The molecule has 244 valence electrons. The zero-order chi connectivity index (χ0) is 33.3. The number of benzene rings is 1. The van der Waals surface area contributed by atoms with E-state index in [-0.39, 0.29) is 65.8 Å². The van der Waals surface area contributed by atoms with Gasteiger partial charge < -0.3 is 18.9 Å². The van der Waals surface area contributed by atoms with Crippen LogP contribution in [0, 0.1) is 23.0 Å². The van der Waals surface area contributed by atoms with Crippen molar-refractivity contribution in [1.29, 1.82) is 5.26 Å². The number of halogens is 3. The molecule has 6 atom stereocenters. The standard InChI is InChI=1S/C32H36F3N7O4/c1-7-27(43)42-17(2)24(14-20(42)11-12-36)45-26-15-25(44-18(3)23-13-19(33)16-41(23)6)37-29(38-26)30-39-31(46-40-30)32(4,5)28-21(34)9-8-10-22(28)35/h7-10,15,17-20,23-24H,1,11,13-14,16H2,2-6H3/t17-,18+,19-,20-,23+,24-/m1/s1. The van der Waals surface area contributed by atoms with Crippen LogP contribution in [0.3, 0.4) is 0 Å². The van der Waals surface area contributed by atoms with Crippen molar-refractivity contribution in [3.8, 4) is 29.5 Å². The monoisotopic (exact) mass is 639 g/mol. The van der Waals surface area contributed by atoms with E-state index in [1.165, 1.54) is 18.2 Å². The van der Waals surface area contributed by atoms with Crippen LogP contribution in [0.25, 0.3) is 11.6 Å². The Bertz CT molecular complexity index is 1620. The van der Waals surface area contributed by atoms with E-state index in [9.17, 15) is 23.2 Å². The van der Waals surface area contributed by atoms with Crippen LogP contribution < -0.4 is 9.47 Å². The number of nitrogens with zero attached hydrogens (tertiary/aromatic N) is 7. The summed E-state index contributed by atoms with van der Waals surface area (Å²) in [6.45, 7) is 10.6. The average Bonchev–Trinajstić information content (AvgIpc) is 3.70. The number of aromatic nitrogens is 4. The van der Waals surface area contributed by atoms with E-state index in [2.05, 4.69) is 32.8 Å². The molecule has 2 aromatic heterocycles. The summed E-state index contributed by atoms with van der Waals surface area (Å²) in [7, 11) is 1.82. The molecular weight excluding hydrogens is 603 g/mol. The highest BCUT2D eigenvalue weighted by molar-refractivity contribution is 5.87. The Balaban J connectivity index is 1.49. The molecule has 1 aromatic carbocycles. The van der Waals surface area contributed by atoms with E-state index in [0.29, 0.717) is 12.8 Å². The molecule has 5 rings (SSSR count). The number of rotatable bonds is 10. The Morgan fingerprint density at radius 3 is 2.54 bits per heavy atom. The number of carbonyl (C=O) groups is 1. The van der Waals surface area contributed by atoms with Gasteiger partial charge in [-0.15, -0.1) is 0 Å². The van der Waals surface area contributed by atoms with Crippen LogP contribution in [0.2, 0.25) is 0 Å². The Hall–Kier alpha value is -4.51. The number of likely N-dealkylation sites (tertiary alicyclic amines) is 2. The van der Waals surface area contributed by atoms with Gasteiger partial charge in [-0.3, -0.25) is 9.69 Å². The molecule has 1 amide bonds. The zero-order valence-corrected chi connectivity index (χ0v) is 26.3. The van der Waals surface area contributed by atoms with E-state index >= 15 is 0 Å². The van der Waals surface area contributed by atoms with E-state index in [1.54, 1.807) is 18.7 Å². The molecule has 2 saturated heterocycles. The lowest BCUT2D eigenvalue weighted by atomic mass is 9.83. The molecular formula is C32H36F3N7O4. The Labute approximate surface area is 265 Å². The van der Waals surface area contributed by atoms with E-state index in [0.717, 1.165) is 12.1 Å². The molecule has 0 aliphatic carbocycles. The van der Waals surface area contributed by atoms with Crippen molar-refractivity contribution in [2.75, 3.05) is 13.6 Å². The Morgan fingerprint density at radius 1 is 1.22 bits per heavy atom. The summed E-state index contributed by atoms with van der Waals surface area (Å²) in [5.41, 5.74) is -1.59. The first-order valence-corrected chi connectivity index (χ1v) is 15.0. The van der Waals surface area contributed by atoms with Crippen LogP contribution in [-0.2, 0) is 10.2 Å². The molecule has 14 heteroatoms. The van der Waals surface area contributed by atoms with Crippen LogP contribution in [0.4, 0.5) is 13.2 Å². The van der Waals surface area contributed by atoms with Gasteiger partial charge in [-0.25, -0.2) is 13.2 Å². The molecule has 2 fully saturated rings. The summed E-state index contributed by atoms with van der Waals surface area (Å²) in [6.07, 6.45) is -0.0404. The first-order chi connectivity index (χ1) is 21.8. The molecule has 0 radical (unpaired) electrons. The predicted octanol–water partition coefficient (Wildman–Crippen LogP) is 4.78. The predicted molar refractivity (Wildman–Crippen MR) is 159 cm³/mol. The molecule has 11 nitrogen and oxygen atoms in total. The number of hydrogen-bond donors (Lipinski definition) is 0. The largest absolute Gasteiger partial charge is 0.473 e. The van der Waals surface area contributed by atoms with Gasteiger partial charge in [0, 0.05) is 30.6 Å². The van der Waals surface area contributed by atoms with Gasteiger partial charge in [0.2, 0.25) is 35.2 Å². The lowest BCUT2D eigenvalue weighted by Crippen LogP contribution is -2.41. The number of nitriles is 1. The third-order valence-electron chi connectivity index (χ3n) is 8.73. The first-order valence-electron chi connectivity index (χ1n) is 15.0. The molecule has 0 unspecified atom stereocenters. The van der Waals surface area contributed by atoms with Crippen LogP contribution in [0.5, 0.6) is 11.8 Å². The smallest absolute Gasteiger partial charge is 0.246 e. The third kappa shape index (κ3) is 6.42. The minimum atomic E-state index is -1.35. The number of carbonyl (C=O) groups excluding carboxylic acids is 1. The van der Waals surface area contributed by atoms with Crippen LogP contribution in [0.15, 0.2) is 41.4 Å². The van der Waals surface area contributed by atoms with Gasteiger partial charge in [0.05, 0.1) is 30.0 Å². The number of amides is 1. The molecule has 0 N–H and O–H groups in total. The summed E-state index contributed by atoms with van der Waals surface area (Å²) >= 11 is 0. The lowest BCUT2D eigenvalue weighted by molar-refractivity contribution is -0.129. The quantitative estimate of drug-likeness (QED) is 0.286. The highest BCUT2D eigenvalue weighted by Gasteiger charge is 2.42. The molecule has 0 spiro atoms. The second kappa shape index (κ2) is 13.1. The molecule has 3 aromatic rings. The van der Waals surface area contributed by atoms with Gasteiger partial charge in [-0.2, -0.15) is 20.2 Å². The van der Waals surface area contributed by atoms with E-state index < -0.39 is 41.5 Å². The molecule has 2 aliphatic rings. The normalized spacial score (nSPS) is 24.1. The molecule has 0 bridgehead atoms. The van der Waals surface area contributed by atoms with Gasteiger partial charge in [0.25, 0.3) is 0 Å². The number of hydrogen-bond acceptors (Lipinski definition) is 10. The Morgan fingerprint density at radius 2 is 1.91 bits per heavy atom. The highest BCUT2D eigenvalue weighted by atomic mass is 19.1. The first kappa shape index (κ1) is 32.9. The van der Waals surface area contributed by atoms with Gasteiger partial charge >= 0.3 is 0 Å². The summed E-state index contributed by atoms with van der Waals surface area (Å²) < 4.78 is 61.5. The van der Waals surface area contributed by atoms with Gasteiger partial charge in [-0.1, -0.05) is 17.8 Å². The molecule has 0 saturated carbocycles. The van der Waals surface area contributed by atoms with Gasteiger partial charge in [0.1, 0.15) is 30.0 Å². The summed E-state index contributed by atoms with van der Waals surface area (Å²) in [5.74, 6) is -1.92. The minimum Gasteiger partial charge on any atom is -0.473 e. The fourth-order valence-corrected chi connectivity index (χ4v) is 6.34. The van der Waals surface area contributed by atoms with Crippen molar-refractivity contribution in [2.45, 2.75) is 88.9 Å². The van der Waals surface area contributed by atoms with Crippen LogP contribution >= 0.6 is 0 Å². The lowest BCUT2D eigenvalue weighted by Gasteiger charge is -2.27. The third-order valence-corrected chi connectivity index (χ3v) is 8.73. The topological polar surface area (TPSA) is 130 Å². The van der Waals surface area contributed by atoms with Gasteiger partial charge in [0.15, 0.2) is 0 Å². The van der Waals surface area contributed by atoms with E-state index in [4.69, 9.17) is 14.0 Å². The van der Waals surface area contributed by atoms with Crippen molar-refractivity contribution < 1.29 is 32.0 Å². The number of ether oxygens (including phenoxy) is 2. The van der Waals surface area contributed by atoms with Crippen molar-refractivity contribution in [3.05, 3.63) is 60.0 Å². The molecule has 2 aliphatic heterocycles. The van der Waals surface area contributed by atoms with Crippen molar-refractivity contribution >= 4 is 5.91 Å². The van der Waals surface area contributed by atoms with Crippen molar-refractivity contribution in [3.63, 3.8) is 0 Å². The number of alkyl halides is 1. The van der Waals surface area contributed by atoms with Crippen molar-refractivity contribution in [1.82, 2.24) is 29.9 Å². The fraction of sp³-hybridized carbons (Fsp3) is 0.500. The number of likely N-dealkylation sites (N-methyl/N-ethyl adjacent to an activating group) is 1. The van der Waals surface area contributed by atoms with E-state index in [1.807, 2.05) is 25.8 Å². The second-order valence-corrected chi connectivity index (χ2v) is 12.3. The maximum atomic E-state index is 14.7. The minimum absolute atomic E-state index is 0.0547. The maximum absolute atomic E-state index is 14.7. The molecule has 4 heterocycles. The molecule has 46 heavy (non-hydrogen) atoms. The van der Waals surface area contributed by atoms with Crippen LogP contribution in [-0.4, -0.2) is 85.9 Å². The van der Waals surface area contributed by atoms with Crippen LogP contribution in [0.1, 0.15) is 58.4 Å².